The molecule has 1 amide bonds. The average Bonchev–Trinajstić information content (AvgIpc) is 2.69. The van der Waals surface area contributed by atoms with Gasteiger partial charge in [0.15, 0.2) is 0 Å². The van der Waals surface area contributed by atoms with E-state index in [1.807, 2.05) is 25.1 Å². The van der Waals surface area contributed by atoms with Crippen LogP contribution >= 0.6 is 11.6 Å². The van der Waals surface area contributed by atoms with Crippen molar-refractivity contribution >= 4 is 27.5 Å². The van der Waals surface area contributed by atoms with Gasteiger partial charge in [-0.3, -0.25) is 4.79 Å². The molecule has 1 aliphatic heterocycles. The summed E-state index contributed by atoms with van der Waals surface area (Å²) in [5.41, 5.74) is 1.08. The Labute approximate surface area is 164 Å². The van der Waals surface area contributed by atoms with Crippen LogP contribution in [0.4, 0.5) is 0 Å². The number of carbonyl (C=O) groups excluding carboxylic acids is 1. The predicted octanol–water partition coefficient (Wildman–Crippen LogP) is 2.85. The van der Waals surface area contributed by atoms with Crippen molar-refractivity contribution in [3.8, 4) is 0 Å². The molecule has 8 heteroatoms. The second-order valence-electron chi connectivity index (χ2n) is 6.26. The first-order valence-electron chi connectivity index (χ1n) is 8.63. The highest BCUT2D eigenvalue weighted by atomic mass is 35.5. The van der Waals surface area contributed by atoms with E-state index < -0.39 is 10.0 Å². The van der Waals surface area contributed by atoms with E-state index in [0.29, 0.717) is 31.3 Å². The Morgan fingerprint density at radius 1 is 1.15 bits per heavy atom. The van der Waals surface area contributed by atoms with Gasteiger partial charge in [0.1, 0.15) is 0 Å². The third-order valence-electron chi connectivity index (χ3n) is 4.42. The Morgan fingerprint density at radius 2 is 1.85 bits per heavy atom. The topological polar surface area (TPSA) is 75.7 Å². The molecule has 1 heterocycles. The van der Waals surface area contributed by atoms with Crippen LogP contribution in [0.2, 0.25) is 5.02 Å². The molecule has 0 saturated carbocycles. The van der Waals surface area contributed by atoms with E-state index in [4.69, 9.17) is 16.3 Å². The van der Waals surface area contributed by atoms with Crippen LogP contribution in [0.1, 0.15) is 28.9 Å². The zero-order chi connectivity index (χ0) is 19.4. The number of nitrogens with zero attached hydrogens (tertiary/aromatic N) is 1. The molecule has 3 rings (SSSR count). The summed E-state index contributed by atoms with van der Waals surface area (Å²) in [6.07, 6.45) is 0. The average molecular weight is 409 g/mol. The number of rotatable bonds is 5. The number of sulfonamides is 1. The largest absolute Gasteiger partial charge is 0.379 e. The SMILES string of the molecule is CC(NC(=O)c1cccc(S(=O)(=O)N2CCOCC2)c1)c1ccccc1Cl. The molecule has 1 N–H and O–H groups in total. The summed E-state index contributed by atoms with van der Waals surface area (Å²) in [6, 6.07) is 13.0. The molecule has 1 saturated heterocycles. The van der Waals surface area contributed by atoms with E-state index in [0.717, 1.165) is 5.56 Å². The number of morpholine rings is 1. The van der Waals surface area contributed by atoms with Crippen molar-refractivity contribution in [1.29, 1.82) is 0 Å². The van der Waals surface area contributed by atoms with Gasteiger partial charge < -0.3 is 10.1 Å². The Morgan fingerprint density at radius 3 is 2.56 bits per heavy atom. The Hall–Kier alpha value is -1.93. The second kappa shape index (κ2) is 8.39. The van der Waals surface area contributed by atoms with Gasteiger partial charge in [0, 0.05) is 23.7 Å². The fourth-order valence-electron chi connectivity index (χ4n) is 2.92. The maximum Gasteiger partial charge on any atom is 0.251 e. The van der Waals surface area contributed by atoms with Crippen molar-refractivity contribution < 1.29 is 17.9 Å². The second-order valence-corrected chi connectivity index (χ2v) is 8.61. The van der Waals surface area contributed by atoms with Crippen LogP contribution in [0.5, 0.6) is 0 Å². The molecule has 0 bridgehead atoms. The molecule has 0 spiro atoms. The van der Waals surface area contributed by atoms with Gasteiger partial charge in [0.25, 0.3) is 5.91 Å². The highest BCUT2D eigenvalue weighted by Gasteiger charge is 2.27. The Bertz CT molecular complexity index is 927. The summed E-state index contributed by atoms with van der Waals surface area (Å²) in [5, 5.41) is 3.42. The monoisotopic (exact) mass is 408 g/mol. The van der Waals surface area contributed by atoms with Crippen molar-refractivity contribution in [2.75, 3.05) is 26.3 Å². The molecule has 1 atom stereocenters. The van der Waals surface area contributed by atoms with Gasteiger partial charge in [0.2, 0.25) is 10.0 Å². The molecule has 0 aliphatic carbocycles. The van der Waals surface area contributed by atoms with Gasteiger partial charge in [-0.05, 0) is 36.8 Å². The van der Waals surface area contributed by atoms with Gasteiger partial charge >= 0.3 is 0 Å². The standard InChI is InChI=1S/C19H21ClN2O4S/c1-14(17-7-2-3-8-18(17)20)21-19(23)15-5-4-6-16(13-15)27(24,25)22-9-11-26-12-10-22/h2-8,13-14H,9-12H2,1H3,(H,21,23). The molecule has 2 aromatic carbocycles. The van der Waals surface area contributed by atoms with E-state index in [2.05, 4.69) is 5.32 Å². The number of hydrogen-bond donors (Lipinski definition) is 1. The number of hydrogen-bond acceptors (Lipinski definition) is 4. The molecular weight excluding hydrogens is 388 g/mol. The van der Waals surface area contributed by atoms with E-state index in [1.54, 1.807) is 18.2 Å². The first-order chi connectivity index (χ1) is 12.9. The van der Waals surface area contributed by atoms with Crippen LogP contribution in [-0.4, -0.2) is 44.9 Å². The van der Waals surface area contributed by atoms with Crippen molar-refractivity contribution in [3.05, 3.63) is 64.7 Å². The summed E-state index contributed by atoms with van der Waals surface area (Å²) in [4.78, 5) is 12.7. The molecular formula is C19H21ClN2O4S. The maximum absolute atomic E-state index is 12.8. The van der Waals surface area contributed by atoms with Crippen LogP contribution in [0.3, 0.4) is 0 Å². The minimum Gasteiger partial charge on any atom is -0.379 e. The molecule has 0 radical (unpaired) electrons. The fourth-order valence-corrected chi connectivity index (χ4v) is 4.67. The van der Waals surface area contributed by atoms with Crippen molar-refractivity contribution in [2.24, 2.45) is 0 Å². The molecule has 144 valence electrons. The molecule has 1 unspecified atom stereocenters. The van der Waals surface area contributed by atoms with Gasteiger partial charge in [-0.2, -0.15) is 4.31 Å². The van der Waals surface area contributed by atoms with Crippen molar-refractivity contribution in [3.63, 3.8) is 0 Å². The maximum atomic E-state index is 12.8. The predicted molar refractivity (Wildman–Crippen MR) is 103 cm³/mol. The van der Waals surface area contributed by atoms with Crippen LogP contribution < -0.4 is 5.32 Å². The third-order valence-corrected chi connectivity index (χ3v) is 6.66. The number of amides is 1. The molecule has 1 fully saturated rings. The molecule has 2 aromatic rings. The summed E-state index contributed by atoms with van der Waals surface area (Å²) in [7, 11) is -3.65. The summed E-state index contributed by atoms with van der Waals surface area (Å²) >= 11 is 6.17. The quantitative estimate of drug-likeness (QED) is 0.825. The zero-order valence-corrected chi connectivity index (χ0v) is 16.5. The highest BCUT2D eigenvalue weighted by Crippen LogP contribution is 2.23. The lowest BCUT2D eigenvalue weighted by Gasteiger charge is -2.26. The Kier molecular flexibility index (Phi) is 6.16. The molecule has 0 aromatic heterocycles. The highest BCUT2D eigenvalue weighted by molar-refractivity contribution is 7.89. The van der Waals surface area contributed by atoms with Gasteiger partial charge in [-0.1, -0.05) is 35.9 Å². The van der Waals surface area contributed by atoms with Gasteiger partial charge in [-0.25, -0.2) is 8.42 Å². The first kappa shape index (κ1) is 19.8. The van der Waals surface area contributed by atoms with Gasteiger partial charge in [0.05, 0.1) is 24.2 Å². The van der Waals surface area contributed by atoms with Crippen LogP contribution in [0, 0.1) is 0 Å². The van der Waals surface area contributed by atoms with E-state index >= 15 is 0 Å². The van der Waals surface area contributed by atoms with Gasteiger partial charge in [-0.15, -0.1) is 0 Å². The number of halogens is 1. The van der Waals surface area contributed by atoms with E-state index in [1.165, 1.54) is 16.4 Å². The summed E-state index contributed by atoms with van der Waals surface area (Å²) < 4.78 is 32.1. The smallest absolute Gasteiger partial charge is 0.251 e. The fraction of sp³-hybridized carbons (Fsp3) is 0.316. The lowest BCUT2D eigenvalue weighted by Crippen LogP contribution is -2.40. The lowest BCUT2D eigenvalue weighted by molar-refractivity contribution is 0.0730. The van der Waals surface area contributed by atoms with Crippen molar-refractivity contribution in [2.45, 2.75) is 17.9 Å². The molecule has 6 nitrogen and oxygen atoms in total. The summed E-state index contributed by atoms with van der Waals surface area (Å²) in [5.74, 6) is -0.360. The molecule has 27 heavy (non-hydrogen) atoms. The molecule has 1 aliphatic rings. The van der Waals surface area contributed by atoms with Crippen LogP contribution in [0.25, 0.3) is 0 Å². The first-order valence-corrected chi connectivity index (χ1v) is 10.4. The third kappa shape index (κ3) is 4.50. The minimum absolute atomic E-state index is 0.0995. The number of benzene rings is 2. The minimum atomic E-state index is -3.65. The number of nitrogens with one attached hydrogen (secondary N) is 1. The van der Waals surface area contributed by atoms with Crippen molar-refractivity contribution in [1.82, 2.24) is 9.62 Å². The summed E-state index contributed by atoms with van der Waals surface area (Å²) in [6.45, 7) is 3.18. The number of ether oxygens (including phenoxy) is 1. The normalized spacial score (nSPS) is 16.7. The Balaban J connectivity index is 1.78. The zero-order valence-electron chi connectivity index (χ0n) is 14.9. The van der Waals surface area contributed by atoms with E-state index in [-0.39, 0.29) is 22.4 Å². The van der Waals surface area contributed by atoms with Crippen LogP contribution in [0.15, 0.2) is 53.4 Å². The van der Waals surface area contributed by atoms with Crippen LogP contribution in [-0.2, 0) is 14.8 Å². The van der Waals surface area contributed by atoms with E-state index in [9.17, 15) is 13.2 Å². The lowest BCUT2D eigenvalue weighted by atomic mass is 10.1. The number of carbonyl (C=O) groups is 1.